The summed E-state index contributed by atoms with van der Waals surface area (Å²) < 4.78 is 32.8. The van der Waals surface area contributed by atoms with Gasteiger partial charge in [-0.25, -0.2) is 8.78 Å². The van der Waals surface area contributed by atoms with E-state index < -0.39 is 11.6 Å². The molecule has 0 bridgehead atoms. The molecule has 3 heteroatoms. The molecule has 3 aromatic rings. The Morgan fingerprint density at radius 1 is 0.857 bits per heavy atom. The molecule has 0 aliphatic carbocycles. The van der Waals surface area contributed by atoms with Gasteiger partial charge in [0.15, 0.2) is 11.6 Å². The molecule has 0 saturated carbocycles. The number of rotatable bonds is 3. The van der Waals surface area contributed by atoms with Gasteiger partial charge in [0.1, 0.15) is 11.5 Å². The highest BCUT2D eigenvalue weighted by Crippen LogP contribution is 2.29. The lowest BCUT2D eigenvalue weighted by molar-refractivity contribution is 0.481. The molecule has 0 unspecified atom stereocenters. The molecule has 0 aromatic heterocycles. The van der Waals surface area contributed by atoms with E-state index in [1.807, 2.05) is 30.3 Å². The highest BCUT2D eigenvalue weighted by atomic mass is 19.2. The van der Waals surface area contributed by atoms with Crippen LogP contribution in [0, 0.1) is 17.7 Å². The molecule has 0 spiro atoms. The molecule has 103 valence electrons. The second-order valence-corrected chi connectivity index (χ2v) is 4.46. The number of benzene rings is 3. The summed E-state index contributed by atoms with van der Waals surface area (Å²) in [5.41, 5.74) is 0.735. The Bertz CT molecular complexity index is 754. The van der Waals surface area contributed by atoms with E-state index >= 15 is 0 Å². The van der Waals surface area contributed by atoms with Crippen molar-refractivity contribution in [3.63, 3.8) is 0 Å². The molecule has 0 saturated heterocycles. The molecular weight excluding hydrogens is 270 g/mol. The number of para-hydroxylation sites is 1. The maximum absolute atomic E-state index is 13.8. The zero-order valence-electron chi connectivity index (χ0n) is 11.0. The molecule has 0 aliphatic heterocycles. The van der Waals surface area contributed by atoms with Crippen molar-refractivity contribution in [1.82, 2.24) is 0 Å². The van der Waals surface area contributed by atoms with Crippen LogP contribution in [-0.4, -0.2) is 0 Å². The average molecular weight is 281 g/mol. The van der Waals surface area contributed by atoms with E-state index in [-0.39, 0.29) is 5.56 Å². The van der Waals surface area contributed by atoms with Crippen LogP contribution >= 0.6 is 0 Å². The second-order valence-electron chi connectivity index (χ2n) is 4.46. The van der Waals surface area contributed by atoms with Gasteiger partial charge in [0, 0.05) is 11.6 Å². The van der Waals surface area contributed by atoms with Crippen molar-refractivity contribution in [1.29, 1.82) is 0 Å². The van der Waals surface area contributed by atoms with Crippen molar-refractivity contribution in [2.75, 3.05) is 0 Å². The molecule has 0 N–H and O–H groups in total. The van der Waals surface area contributed by atoms with E-state index in [2.05, 4.69) is 6.07 Å². The highest BCUT2D eigenvalue weighted by Gasteiger charge is 2.10. The van der Waals surface area contributed by atoms with Crippen LogP contribution in [-0.2, 0) is 0 Å². The molecule has 3 aromatic carbocycles. The summed E-state index contributed by atoms with van der Waals surface area (Å²) in [6.45, 7) is 0. The molecule has 1 radical (unpaired) electrons. The molecule has 0 heterocycles. The average Bonchev–Trinajstić information content (AvgIpc) is 2.51. The summed E-state index contributed by atoms with van der Waals surface area (Å²) in [6.07, 6.45) is 0. The van der Waals surface area contributed by atoms with E-state index in [1.165, 1.54) is 12.1 Å². The summed E-state index contributed by atoms with van der Waals surface area (Å²) in [5.74, 6) is -0.631. The quantitative estimate of drug-likeness (QED) is 0.639. The maximum atomic E-state index is 13.8. The molecular formula is C18H11F2O. The Kier molecular flexibility index (Phi) is 3.65. The second kappa shape index (κ2) is 5.75. The number of hydrogen-bond donors (Lipinski definition) is 0. The molecule has 0 amide bonds. The van der Waals surface area contributed by atoms with E-state index in [9.17, 15) is 8.78 Å². The van der Waals surface area contributed by atoms with Crippen molar-refractivity contribution in [2.24, 2.45) is 0 Å². The minimum absolute atomic E-state index is 0.196. The van der Waals surface area contributed by atoms with Gasteiger partial charge in [-0.1, -0.05) is 36.4 Å². The number of ether oxygens (including phenoxy) is 1. The molecule has 1 nitrogen and oxygen atoms in total. The Morgan fingerprint density at radius 3 is 2.48 bits per heavy atom. The van der Waals surface area contributed by atoms with Crippen LogP contribution in [0.4, 0.5) is 8.78 Å². The van der Waals surface area contributed by atoms with Gasteiger partial charge in [-0.05, 0) is 35.9 Å². The van der Waals surface area contributed by atoms with Gasteiger partial charge in [-0.2, -0.15) is 0 Å². The van der Waals surface area contributed by atoms with Crippen molar-refractivity contribution < 1.29 is 13.5 Å². The summed E-state index contributed by atoms with van der Waals surface area (Å²) in [4.78, 5) is 0. The summed E-state index contributed by atoms with van der Waals surface area (Å²) >= 11 is 0. The molecule has 3 rings (SSSR count). The third-order valence-electron chi connectivity index (χ3n) is 3.01. The van der Waals surface area contributed by atoms with Crippen molar-refractivity contribution in [3.8, 4) is 22.6 Å². The van der Waals surface area contributed by atoms with Crippen LogP contribution in [0.25, 0.3) is 11.1 Å². The third kappa shape index (κ3) is 2.92. The van der Waals surface area contributed by atoms with Crippen LogP contribution in [0.2, 0.25) is 0 Å². The zero-order valence-corrected chi connectivity index (χ0v) is 11.0. The van der Waals surface area contributed by atoms with E-state index in [4.69, 9.17) is 4.74 Å². The van der Waals surface area contributed by atoms with Crippen LogP contribution in [0.1, 0.15) is 0 Å². The van der Waals surface area contributed by atoms with Gasteiger partial charge in [-0.15, -0.1) is 0 Å². The predicted molar refractivity (Wildman–Crippen MR) is 77.1 cm³/mol. The first-order chi connectivity index (χ1) is 10.2. The van der Waals surface area contributed by atoms with Gasteiger partial charge in [0.2, 0.25) is 0 Å². The molecule has 0 atom stereocenters. The fourth-order valence-electron chi connectivity index (χ4n) is 2.01. The third-order valence-corrected chi connectivity index (χ3v) is 3.01. The van der Waals surface area contributed by atoms with Crippen LogP contribution in [0.5, 0.6) is 11.5 Å². The topological polar surface area (TPSA) is 9.23 Å². The van der Waals surface area contributed by atoms with Crippen molar-refractivity contribution in [2.45, 2.75) is 0 Å². The minimum atomic E-state index is -0.870. The standard InChI is InChI=1S/C18H11F2O/c19-17-11-5-10-16(18(17)20)13-6-4-9-15(12-13)21-14-7-2-1-3-8-14/h1-8,10-12H. The largest absolute Gasteiger partial charge is 0.457 e. The SMILES string of the molecule is Fc1cccc(-c2cc[c]c(Oc3ccccc3)c2)c1F. The van der Waals surface area contributed by atoms with Gasteiger partial charge >= 0.3 is 0 Å². The lowest BCUT2D eigenvalue weighted by Gasteiger charge is -2.08. The zero-order chi connectivity index (χ0) is 14.7. The lowest BCUT2D eigenvalue weighted by Crippen LogP contribution is -1.90. The normalized spacial score (nSPS) is 10.4. The Hall–Kier alpha value is -2.68. The summed E-state index contributed by atoms with van der Waals surface area (Å²) in [5, 5.41) is 0. The fourth-order valence-corrected chi connectivity index (χ4v) is 2.01. The van der Waals surface area contributed by atoms with Crippen LogP contribution in [0.3, 0.4) is 0 Å². The summed E-state index contributed by atoms with van der Waals surface area (Å²) in [7, 11) is 0. The first kappa shape index (κ1) is 13.3. The van der Waals surface area contributed by atoms with E-state index in [1.54, 1.807) is 18.2 Å². The van der Waals surface area contributed by atoms with Gasteiger partial charge in [-0.3, -0.25) is 0 Å². The smallest absolute Gasteiger partial charge is 0.166 e. The molecule has 21 heavy (non-hydrogen) atoms. The van der Waals surface area contributed by atoms with Crippen molar-refractivity contribution in [3.05, 3.63) is 84.4 Å². The van der Waals surface area contributed by atoms with Gasteiger partial charge in [0.05, 0.1) is 0 Å². The van der Waals surface area contributed by atoms with E-state index in [0.29, 0.717) is 17.1 Å². The van der Waals surface area contributed by atoms with E-state index in [0.717, 1.165) is 6.07 Å². The van der Waals surface area contributed by atoms with Crippen LogP contribution < -0.4 is 4.74 Å². The summed E-state index contributed by atoms with van der Waals surface area (Å²) in [6, 6.07) is 21.1. The van der Waals surface area contributed by atoms with Crippen molar-refractivity contribution >= 4 is 0 Å². The highest BCUT2D eigenvalue weighted by molar-refractivity contribution is 5.65. The molecule has 0 fully saturated rings. The number of hydrogen-bond acceptors (Lipinski definition) is 1. The Morgan fingerprint density at radius 2 is 1.67 bits per heavy atom. The van der Waals surface area contributed by atoms with Gasteiger partial charge < -0.3 is 4.74 Å². The molecule has 0 aliphatic rings. The maximum Gasteiger partial charge on any atom is 0.166 e. The Balaban J connectivity index is 1.95. The Labute approximate surface area is 121 Å². The fraction of sp³-hybridized carbons (Fsp3) is 0. The monoisotopic (exact) mass is 281 g/mol. The minimum Gasteiger partial charge on any atom is -0.457 e. The lowest BCUT2D eigenvalue weighted by atomic mass is 10.0. The first-order valence-corrected chi connectivity index (χ1v) is 6.43. The predicted octanol–water partition coefficient (Wildman–Crippen LogP) is 5.22. The number of halogens is 2. The van der Waals surface area contributed by atoms with Gasteiger partial charge in [0.25, 0.3) is 0 Å². The first-order valence-electron chi connectivity index (χ1n) is 6.43. The van der Waals surface area contributed by atoms with Crippen LogP contribution in [0.15, 0.2) is 66.7 Å².